The van der Waals surface area contributed by atoms with Gasteiger partial charge in [0.25, 0.3) is 0 Å². The first-order chi connectivity index (χ1) is 10.2. The van der Waals surface area contributed by atoms with Crippen LogP contribution in [0.4, 0.5) is 5.69 Å². The lowest BCUT2D eigenvalue weighted by Crippen LogP contribution is -2.49. The Bertz CT molecular complexity index is 480. The maximum atomic E-state index is 12.3. The molecule has 1 heterocycles. The van der Waals surface area contributed by atoms with Gasteiger partial charge in [0.05, 0.1) is 6.54 Å². The number of hydrogen-bond acceptors (Lipinski definition) is 2. The monoisotopic (exact) mass is 286 g/mol. The fourth-order valence-electron chi connectivity index (χ4n) is 3.95. The second-order valence-electron chi connectivity index (χ2n) is 6.64. The molecule has 114 valence electrons. The highest BCUT2D eigenvalue weighted by atomic mass is 16.2. The zero-order valence-corrected chi connectivity index (χ0v) is 13.0. The Kier molecular flexibility index (Phi) is 4.59. The SMILES string of the molecule is Cc1ccc(NC(=O)CN2CCCC3CCCCC32)cc1. The van der Waals surface area contributed by atoms with E-state index in [0.29, 0.717) is 12.6 Å². The van der Waals surface area contributed by atoms with Gasteiger partial charge in [0.2, 0.25) is 5.91 Å². The molecule has 1 amide bonds. The average Bonchev–Trinajstić information content (AvgIpc) is 2.50. The van der Waals surface area contributed by atoms with Crippen LogP contribution in [-0.2, 0) is 4.79 Å². The van der Waals surface area contributed by atoms with Gasteiger partial charge in [0.15, 0.2) is 0 Å². The highest BCUT2D eigenvalue weighted by Crippen LogP contribution is 2.35. The van der Waals surface area contributed by atoms with Crippen LogP contribution >= 0.6 is 0 Å². The molecule has 1 aliphatic carbocycles. The lowest BCUT2D eigenvalue weighted by molar-refractivity contribution is -0.118. The molecule has 0 bridgehead atoms. The van der Waals surface area contributed by atoms with E-state index in [1.54, 1.807) is 0 Å². The van der Waals surface area contributed by atoms with Crippen molar-refractivity contribution in [3.05, 3.63) is 29.8 Å². The minimum Gasteiger partial charge on any atom is -0.325 e. The topological polar surface area (TPSA) is 32.3 Å². The van der Waals surface area contributed by atoms with E-state index in [0.717, 1.165) is 18.2 Å². The first-order valence-corrected chi connectivity index (χ1v) is 8.33. The third kappa shape index (κ3) is 3.65. The zero-order chi connectivity index (χ0) is 14.7. The molecule has 3 rings (SSSR count). The number of nitrogens with zero attached hydrogens (tertiary/aromatic N) is 1. The lowest BCUT2D eigenvalue weighted by Gasteiger charge is -2.43. The quantitative estimate of drug-likeness (QED) is 0.921. The Morgan fingerprint density at radius 1 is 1.14 bits per heavy atom. The van der Waals surface area contributed by atoms with Crippen molar-refractivity contribution in [2.75, 3.05) is 18.4 Å². The Morgan fingerprint density at radius 2 is 1.86 bits per heavy atom. The second kappa shape index (κ2) is 6.61. The van der Waals surface area contributed by atoms with E-state index in [4.69, 9.17) is 0 Å². The van der Waals surface area contributed by atoms with Crippen molar-refractivity contribution in [2.45, 2.75) is 51.5 Å². The largest absolute Gasteiger partial charge is 0.325 e. The first kappa shape index (κ1) is 14.6. The first-order valence-electron chi connectivity index (χ1n) is 8.33. The molecule has 2 aliphatic rings. The highest BCUT2D eigenvalue weighted by Gasteiger charge is 2.33. The summed E-state index contributed by atoms with van der Waals surface area (Å²) in [4.78, 5) is 14.7. The van der Waals surface area contributed by atoms with Crippen molar-refractivity contribution in [3.63, 3.8) is 0 Å². The third-order valence-electron chi connectivity index (χ3n) is 5.04. The third-order valence-corrected chi connectivity index (χ3v) is 5.04. The number of carbonyl (C=O) groups is 1. The minimum absolute atomic E-state index is 0.130. The fourth-order valence-corrected chi connectivity index (χ4v) is 3.95. The second-order valence-corrected chi connectivity index (χ2v) is 6.64. The Morgan fingerprint density at radius 3 is 2.67 bits per heavy atom. The molecule has 0 spiro atoms. The van der Waals surface area contributed by atoms with Crippen LogP contribution in [0, 0.1) is 12.8 Å². The molecule has 0 radical (unpaired) electrons. The number of piperidine rings is 1. The van der Waals surface area contributed by atoms with E-state index >= 15 is 0 Å². The summed E-state index contributed by atoms with van der Waals surface area (Å²) in [7, 11) is 0. The van der Waals surface area contributed by atoms with Crippen molar-refractivity contribution in [3.8, 4) is 0 Å². The van der Waals surface area contributed by atoms with Gasteiger partial charge in [-0.2, -0.15) is 0 Å². The summed E-state index contributed by atoms with van der Waals surface area (Å²) in [5.41, 5.74) is 2.12. The standard InChI is InChI=1S/C18H26N2O/c1-14-8-10-16(11-9-14)19-18(21)13-20-12-4-6-15-5-2-3-7-17(15)20/h8-11,15,17H,2-7,12-13H2,1H3,(H,19,21). The maximum absolute atomic E-state index is 12.3. The predicted molar refractivity (Wildman–Crippen MR) is 86.4 cm³/mol. The summed E-state index contributed by atoms with van der Waals surface area (Å²) in [5.74, 6) is 0.963. The van der Waals surface area contributed by atoms with Crippen molar-refractivity contribution in [1.82, 2.24) is 4.90 Å². The van der Waals surface area contributed by atoms with Crippen molar-refractivity contribution in [2.24, 2.45) is 5.92 Å². The molecule has 1 N–H and O–H groups in total. The number of benzene rings is 1. The fraction of sp³-hybridized carbons (Fsp3) is 0.611. The smallest absolute Gasteiger partial charge is 0.238 e. The minimum atomic E-state index is 0.130. The van der Waals surface area contributed by atoms with Gasteiger partial charge in [-0.05, 0) is 57.2 Å². The Labute approximate surface area is 127 Å². The van der Waals surface area contributed by atoms with Crippen LogP contribution in [0.3, 0.4) is 0 Å². The van der Waals surface area contributed by atoms with E-state index in [2.05, 4.69) is 17.1 Å². The lowest BCUT2D eigenvalue weighted by atomic mass is 9.78. The van der Waals surface area contributed by atoms with Gasteiger partial charge >= 0.3 is 0 Å². The molecule has 2 fully saturated rings. The summed E-state index contributed by atoms with van der Waals surface area (Å²) in [6.45, 7) is 3.69. The zero-order valence-electron chi connectivity index (χ0n) is 13.0. The molecule has 1 aromatic rings. The van der Waals surface area contributed by atoms with Gasteiger partial charge < -0.3 is 5.32 Å². The van der Waals surface area contributed by atoms with Gasteiger partial charge in [0, 0.05) is 11.7 Å². The van der Waals surface area contributed by atoms with E-state index in [9.17, 15) is 4.79 Å². The number of fused-ring (bicyclic) bond motifs is 1. The van der Waals surface area contributed by atoms with Crippen molar-refractivity contribution < 1.29 is 4.79 Å². The molecule has 2 atom stereocenters. The molecule has 1 saturated carbocycles. The van der Waals surface area contributed by atoms with Gasteiger partial charge in [-0.1, -0.05) is 30.5 Å². The van der Waals surface area contributed by atoms with Crippen LogP contribution in [0.2, 0.25) is 0 Å². The van der Waals surface area contributed by atoms with Crippen LogP contribution in [0.15, 0.2) is 24.3 Å². The number of amides is 1. The Balaban J connectivity index is 1.57. The van der Waals surface area contributed by atoms with E-state index < -0.39 is 0 Å². The van der Waals surface area contributed by atoms with Gasteiger partial charge in [0.1, 0.15) is 0 Å². The normalized spacial score (nSPS) is 26.1. The highest BCUT2D eigenvalue weighted by molar-refractivity contribution is 5.92. The number of aryl methyl sites for hydroxylation is 1. The molecule has 1 aromatic carbocycles. The van der Waals surface area contributed by atoms with Crippen molar-refractivity contribution in [1.29, 1.82) is 0 Å². The molecular formula is C18H26N2O. The Hall–Kier alpha value is -1.35. The summed E-state index contributed by atoms with van der Waals surface area (Å²) in [6, 6.07) is 8.68. The molecular weight excluding hydrogens is 260 g/mol. The summed E-state index contributed by atoms with van der Waals surface area (Å²) >= 11 is 0. The molecule has 2 unspecified atom stereocenters. The van der Waals surface area contributed by atoms with Crippen LogP contribution < -0.4 is 5.32 Å². The number of nitrogens with one attached hydrogen (secondary N) is 1. The number of anilines is 1. The van der Waals surface area contributed by atoms with Crippen LogP contribution in [0.25, 0.3) is 0 Å². The van der Waals surface area contributed by atoms with E-state index in [-0.39, 0.29) is 5.91 Å². The average molecular weight is 286 g/mol. The molecule has 21 heavy (non-hydrogen) atoms. The van der Waals surface area contributed by atoms with Gasteiger partial charge in [-0.3, -0.25) is 9.69 Å². The van der Waals surface area contributed by atoms with Crippen molar-refractivity contribution >= 4 is 11.6 Å². The molecule has 1 aliphatic heterocycles. The van der Waals surface area contributed by atoms with Crippen LogP contribution in [0.5, 0.6) is 0 Å². The van der Waals surface area contributed by atoms with E-state index in [1.165, 1.54) is 44.1 Å². The van der Waals surface area contributed by atoms with Crippen LogP contribution in [0.1, 0.15) is 44.1 Å². The van der Waals surface area contributed by atoms with Gasteiger partial charge in [-0.15, -0.1) is 0 Å². The summed E-state index contributed by atoms with van der Waals surface area (Å²) in [5, 5.41) is 3.03. The van der Waals surface area contributed by atoms with Gasteiger partial charge in [-0.25, -0.2) is 0 Å². The molecule has 0 aromatic heterocycles. The maximum Gasteiger partial charge on any atom is 0.238 e. The predicted octanol–water partition coefficient (Wildman–Crippen LogP) is 3.59. The number of rotatable bonds is 3. The molecule has 1 saturated heterocycles. The van der Waals surface area contributed by atoms with E-state index in [1.807, 2.05) is 24.3 Å². The molecule has 3 nitrogen and oxygen atoms in total. The molecule has 3 heteroatoms. The number of carbonyl (C=O) groups excluding carboxylic acids is 1. The number of hydrogen-bond donors (Lipinski definition) is 1. The summed E-state index contributed by atoms with van der Waals surface area (Å²) in [6.07, 6.45) is 7.96. The summed E-state index contributed by atoms with van der Waals surface area (Å²) < 4.78 is 0. The number of likely N-dealkylation sites (tertiary alicyclic amines) is 1. The van der Waals surface area contributed by atoms with Crippen LogP contribution in [-0.4, -0.2) is 29.9 Å².